The fraction of sp³-hybridized carbons (Fsp3) is 0.429. The molecule has 0 aliphatic heterocycles. The summed E-state index contributed by atoms with van der Waals surface area (Å²) in [5.74, 6) is -0.756. The molecule has 5 heteroatoms. The highest BCUT2D eigenvalue weighted by molar-refractivity contribution is 5.94. The molecule has 1 aromatic carbocycles. The molecule has 0 heterocycles. The highest BCUT2D eigenvalue weighted by atomic mass is 16.5. The van der Waals surface area contributed by atoms with Crippen molar-refractivity contribution >= 4 is 17.6 Å². The zero-order valence-corrected chi connectivity index (χ0v) is 11.5. The normalized spacial score (nSPS) is 12.1. The Labute approximate surface area is 113 Å². The molecule has 0 aliphatic carbocycles. The Morgan fingerprint density at radius 3 is 2.26 bits per heavy atom. The lowest BCUT2D eigenvalue weighted by molar-refractivity contribution is -0.119. The molecule has 1 rings (SSSR count). The van der Waals surface area contributed by atoms with E-state index in [4.69, 9.17) is 10.5 Å². The Morgan fingerprint density at radius 1 is 1.21 bits per heavy atom. The van der Waals surface area contributed by atoms with E-state index in [9.17, 15) is 9.59 Å². The Hall–Kier alpha value is -1.88. The second kappa shape index (κ2) is 6.89. The summed E-state index contributed by atoms with van der Waals surface area (Å²) < 4.78 is 5.07. The number of esters is 1. The third-order valence-corrected chi connectivity index (χ3v) is 2.53. The van der Waals surface area contributed by atoms with Crippen LogP contribution in [-0.4, -0.2) is 24.5 Å². The van der Waals surface area contributed by atoms with Gasteiger partial charge in [0.25, 0.3) is 0 Å². The monoisotopic (exact) mass is 264 g/mol. The molecule has 1 atom stereocenters. The van der Waals surface area contributed by atoms with Gasteiger partial charge in [-0.25, -0.2) is 4.79 Å². The van der Waals surface area contributed by atoms with Crippen LogP contribution in [0, 0.1) is 5.92 Å². The minimum absolute atomic E-state index is 0.139. The number of ether oxygens (including phenoxy) is 1. The van der Waals surface area contributed by atoms with Gasteiger partial charge in [0.05, 0.1) is 11.7 Å². The van der Waals surface area contributed by atoms with Crippen molar-refractivity contribution in [3.05, 3.63) is 29.8 Å². The van der Waals surface area contributed by atoms with Crippen LogP contribution in [0.4, 0.5) is 5.69 Å². The number of anilines is 1. The predicted octanol–water partition coefficient (Wildman–Crippen LogP) is 1.79. The first-order valence-corrected chi connectivity index (χ1v) is 6.26. The van der Waals surface area contributed by atoms with E-state index in [1.54, 1.807) is 45.0 Å². The molecule has 0 bridgehead atoms. The fourth-order valence-electron chi connectivity index (χ4n) is 1.34. The van der Waals surface area contributed by atoms with E-state index in [1.807, 2.05) is 0 Å². The van der Waals surface area contributed by atoms with Gasteiger partial charge in [-0.1, -0.05) is 6.92 Å². The Kier molecular flexibility index (Phi) is 5.51. The van der Waals surface area contributed by atoms with E-state index < -0.39 is 0 Å². The van der Waals surface area contributed by atoms with Gasteiger partial charge in [0.2, 0.25) is 5.91 Å². The van der Waals surface area contributed by atoms with Crippen LogP contribution in [0.3, 0.4) is 0 Å². The van der Waals surface area contributed by atoms with Crippen molar-refractivity contribution in [3.63, 3.8) is 0 Å². The average Bonchev–Trinajstić information content (AvgIpc) is 2.37. The molecule has 0 saturated heterocycles. The Balaban J connectivity index is 2.66. The van der Waals surface area contributed by atoms with Crippen molar-refractivity contribution < 1.29 is 14.3 Å². The number of carbonyl (C=O) groups excluding carboxylic acids is 2. The number of carbonyl (C=O) groups is 2. The standard InChI is InChI=1S/C14H20N2O3/c1-9(2)19-14(18)11-4-6-12(7-5-11)16-13(17)10(3)8-15/h4-7,9-10H,8,15H2,1-3H3,(H,16,17). The van der Waals surface area contributed by atoms with Crippen LogP contribution >= 0.6 is 0 Å². The summed E-state index contributed by atoms with van der Waals surface area (Å²) in [6, 6.07) is 6.57. The zero-order valence-electron chi connectivity index (χ0n) is 11.5. The molecule has 0 fully saturated rings. The minimum atomic E-state index is -0.372. The number of benzene rings is 1. The summed E-state index contributed by atoms with van der Waals surface area (Å²) in [6.45, 7) is 5.63. The zero-order chi connectivity index (χ0) is 14.4. The summed E-state index contributed by atoms with van der Waals surface area (Å²) >= 11 is 0. The predicted molar refractivity (Wildman–Crippen MR) is 73.8 cm³/mol. The van der Waals surface area contributed by atoms with Crippen molar-refractivity contribution in [1.29, 1.82) is 0 Å². The van der Waals surface area contributed by atoms with Crippen LogP contribution in [0.15, 0.2) is 24.3 Å². The SMILES string of the molecule is CC(C)OC(=O)c1ccc(NC(=O)C(C)CN)cc1. The maximum absolute atomic E-state index is 11.6. The van der Waals surface area contributed by atoms with E-state index >= 15 is 0 Å². The van der Waals surface area contributed by atoms with E-state index in [-0.39, 0.29) is 23.9 Å². The van der Waals surface area contributed by atoms with E-state index in [2.05, 4.69) is 5.32 Å². The van der Waals surface area contributed by atoms with Gasteiger partial charge in [0.15, 0.2) is 0 Å². The lowest BCUT2D eigenvalue weighted by atomic mass is 10.1. The first-order chi connectivity index (χ1) is 8.93. The quantitative estimate of drug-likeness (QED) is 0.794. The lowest BCUT2D eigenvalue weighted by Crippen LogP contribution is -2.26. The lowest BCUT2D eigenvalue weighted by Gasteiger charge is -2.11. The Bertz CT molecular complexity index is 441. The van der Waals surface area contributed by atoms with Gasteiger partial charge >= 0.3 is 5.97 Å². The van der Waals surface area contributed by atoms with Crippen LogP contribution in [0.1, 0.15) is 31.1 Å². The average molecular weight is 264 g/mol. The van der Waals surface area contributed by atoms with Gasteiger partial charge in [0.1, 0.15) is 0 Å². The largest absolute Gasteiger partial charge is 0.459 e. The van der Waals surface area contributed by atoms with E-state index in [1.165, 1.54) is 0 Å². The van der Waals surface area contributed by atoms with Crippen LogP contribution in [-0.2, 0) is 9.53 Å². The second-order valence-corrected chi connectivity index (χ2v) is 4.66. The van der Waals surface area contributed by atoms with Gasteiger partial charge in [-0.2, -0.15) is 0 Å². The molecule has 0 aliphatic rings. The molecule has 1 amide bonds. The van der Waals surface area contributed by atoms with Crippen molar-refractivity contribution in [3.8, 4) is 0 Å². The third-order valence-electron chi connectivity index (χ3n) is 2.53. The number of amides is 1. The smallest absolute Gasteiger partial charge is 0.338 e. The number of hydrogen-bond acceptors (Lipinski definition) is 4. The molecule has 1 aromatic rings. The first kappa shape index (κ1) is 15.2. The summed E-state index contributed by atoms with van der Waals surface area (Å²) in [4.78, 5) is 23.2. The van der Waals surface area contributed by atoms with Crippen molar-refractivity contribution in [2.24, 2.45) is 11.7 Å². The first-order valence-electron chi connectivity index (χ1n) is 6.26. The molecular formula is C14H20N2O3. The number of hydrogen-bond donors (Lipinski definition) is 2. The van der Waals surface area contributed by atoms with Crippen molar-refractivity contribution in [2.45, 2.75) is 26.9 Å². The number of nitrogens with two attached hydrogens (primary N) is 1. The molecular weight excluding hydrogens is 244 g/mol. The topological polar surface area (TPSA) is 81.4 Å². The molecule has 0 radical (unpaired) electrons. The maximum atomic E-state index is 11.6. The molecule has 19 heavy (non-hydrogen) atoms. The van der Waals surface area contributed by atoms with Crippen molar-refractivity contribution in [1.82, 2.24) is 0 Å². The summed E-state index contributed by atoms with van der Waals surface area (Å²) in [7, 11) is 0. The summed E-state index contributed by atoms with van der Waals surface area (Å²) in [5.41, 5.74) is 6.50. The van der Waals surface area contributed by atoms with Gasteiger partial charge in [-0.05, 0) is 38.1 Å². The minimum Gasteiger partial charge on any atom is -0.459 e. The van der Waals surface area contributed by atoms with Gasteiger partial charge in [-0.3, -0.25) is 4.79 Å². The van der Waals surface area contributed by atoms with Gasteiger partial charge in [-0.15, -0.1) is 0 Å². The van der Waals surface area contributed by atoms with Gasteiger partial charge < -0.3 is 15.8 Å². The van der Waals surface area contributed by atoms with Crippen molar-refractivity contribution in [2.75, 3.05) is 11.9 Å². The highest BCUT2D eigenvalue weighted by Gasteiger charge is 2.12. The third kappa shape index (κ3) is 4.71. The summed E-state index contributed by atoms with van der Waals surface area (Å²) in [6.07, 6.45) is -0.155. The maximum Gasteiger partial charge on any atom is 0.338 e. The molecule has 104 valence electrons. The molecule has 1 unspecified atom stereocenters. The van der Waals surface area contributed by atoms with Crippen LogP contribution in [0.2, 0.25) is 0 Å². The highest BCUT2D eigenvalue weighted by Crippen LogP contribution is 2.12. The molecule has 3 N–H and O–H groups in total. The molecule has 5 nitrogen and oxygen atoms in total. The van der Waals surface area contributed by atoms with E-state index in [0.29, 0.717) is 17.8 Å². The van der Waals surface area contributed by atoms with Crippen LogP contribution in [0.25, 0.3) is 0 Å². The van der Waals surface area contributed by atoms with Gasteiger partial charge in [0, 0.05) is 18.2 Å². The Morgan fingerprint density at radius 2 is 1.79 bits per heavy atom. The van der Waals surface area contributed by atoms with Crippen LogP contribution in [0.5, 0.6) is 0 Å². The molecule has 0 aromatic heterocycles. The fourth-order valence-corrected chi connectivity index (χ4v) is 1.34. The molecule has 0 spiro atoms. The summed E-state index contributed by atoms with van der Waals surface area (Å²) in [5, 5.41) is 2.73. The van der Waals surface area contributed by atoms with E-state index in [0.717, 1.165) is 0 Å². The number of nitrogens with one attached hydrogen (secondary N) is 1. The second-order valence-electron chi connectivity index (χ2n) is 4.66. The van der Waals surface area contributed by atoms with Crippen LogP contribution < -0.4 is 11.1 Å². The molecule has 0 saturated carbocycles. The number of rotatable bonds is 5.